The highest BCUT2D eigenvalue weighted by molar-refractivity contribution is 9.11. The first-order valence-corrected chi connectivity index (χ1v) is 10.0. The standard InChI is InChI=1S/C16H25BrN6S/c1-4-6-7-8-9-10-18-14(13-12(3)24-16(17)19-13)15-20-21-22-23(15)11-5-2/h4,14,18H,1,5-11H2,2-3H3. The van der Waals surface area contributed by atoms with Crippen LogP contribution in [0.25, 0.3) is 0 Å². The molecule has 0 aliphatic heterocycles. The van der Waals surface area contributed by atoms with Gasteiger partial charge in [0.25, 0.3) is 0 Å². The number of hydrogen-bond donors (Lipinski definition) is 1. The lowest BCUT2D eigenvalue weighted by atomic mass is 10.1. The van der Waals surface area contributed by atoms with Crippen LogP contribution < -0.4 is 5.32 Å². The molecule has 24 heavy (non-hydrogen) atoms. The Labute approximate surface area is 155 Å². The summed E-state index contributed by atoms with van der Waals surface area (Å²) in [4.78, 5) is 5.82. The zero-order valence-electron chi connectivity index (χ0n) is 14.3. The lowest BCUT2D eigenvalue weighted by Crippen LogP contribution is -2.28. The third kappa shape index (κ3) is 5.19. The van der Waals surface area contributed by atoms with Crippen LogP contribution in [0.5, 0.6) is 0 Å². The summed E-state index contributed by atoms with van der Waals surface area (Å²) in [5.41, 5.74) is 1.00. The van der Waals surface area contributed by atoms with Crippen molar-refractivity contribution in [2.24, 2.45) is 0 Å². The topological polar surface area (TPSA) is 68.5 Å². The Kier molecular flexibility index (Phi) is 8.01. The van der Waals surface area contributed by atoms with Gasteiger partial charge in [-0.25, -0.2) is 9.67 Å². The summed E-state index contributed by atoms with van der Waals surface area (Å²) >= 11 is 5.13. The van der Waals surface area contributed by atoms with Gasteiger partial charge in [-0.2, -0.15) is 0 Å². The van der Waals surface area contributed by atoms with Crippen LogP contribution in [-0.4, -0.2) is 31.7 Å². The maximum absolute atomic E-state index is 4.65. The van der Waals surface area contributed by atoms with Crippen molar-refractivity contribution in [3.63, 3.8) is 0 Å². The van der Waals surface area contributed by atoms with Gasteiger partial charge in [0.15, 0.2) is 9.74 Å². The Bertz CT molecular complexity index is 638. The summed E-state index contributed by atoms with van der Waals surface area (Å²) in [7, 11) is 0. The largest absolute Gasteiger partial charge is 0.302 e. The van der Waals surface area contributed by atoms with Crippen LogP contribution in [0.15, 0.2) is 16.6 Å². The second-order valence-electron chi connectivity index (χ2n) is 5.69. The van der Waals surface area contributed by atoms with Gasteiger partial charge in [-0.1, -0.05) is 19.4 Å². The smallest absolute Gasteiger partial charge is 0.174 e. The minimum Gasteiger partial charge on any atom is -0.302 e. The van der Waals surface area contributed by atoms with Crippen LogP contribution in [0.4, 0.5) is 0 Å². The molecule has 0 fully saturated rings. The highest BCUT2D eigenvalue weighted by atomic mass is 79.9. The molecule has 0 spiro atoms. The van der Waals surface area contributed by atoms with Crippen molar-refractivity contribution in [1.29, 1.82) is 0 Å². The Balaban J connectivity index is 2.11. The molecule has 6 nitrogen and oxygen atoms in total. The van der Waals surface area contributed by atoms with E-state index in [2.05, 4.69) is 62.2 Å². The molecule has 0 saturated heterocycles. The summed E-state index contributed by atoms with van der Waals surface area (Å²) in [6, 6.07) is -0.0755. The number of aromatic nitrogens is 5. The van der Waals surface area contributed by atoms with Crippen LogP contribution in [-0.2, 0) is 6.54 Å². The van der Waals surface area contributed by atoms with E-state index in [0.717, 1.165) is 47.8 Å². The number of allylic oxidation sites excluding steroid dienone is 1. The van der Waals surface area contributed by atoms with Crippen LogP contribution in [0.1, 0.15) is 61.5 Å². The van der Waals surface area contributed by atoms with Crippen molar-refractivity contribution >= 4 is 27.3 Å². The van der Waals surface area contributed by atoms with E-state index in [1.54, 1.807) is 11.3 Å². The van der Waals surface area contributed by atoms with Crippen molar-refractivity contribution in [1.82, 2.24) is 30.5 Å². The van der Waals surface area contributed by atoms with E-state index in [1.165, 1.54) is 17.7 Å². The summed E-state index contributed by atoms with van der Waals surface area (Å²) in [6.07, 6.45) is 7.54. The molecule has 0 amide bonds. The van der Waals surface area contributed by atoms with Crippen molar-refractivity contribution in [3.05, 3.63) is 33.0 Å². The zero-order chi connectivity index (χ0) is 17.4. The average Bonchev–Trinajstić information content (AvgIpc) is 3.14. The molecule has 2 aromatic rings. The summed E-state index contributed by atoms with van der Waals surface area (Å²) < 4.78 is 2.77. The molecule has 0 bridgehead atoms. The van der Waals surface area contributed by atoms with E-state index in [9.17, 15) is 0 Å². The van der Waals surface area contributed by atoms with E-state index in [0.29, 0.717) is 0 Å². The van der Waals surface area contributed by atoms with Crippen LogP contribution in [0.3, 0.4) is 0 Å². The predicted molar refractivity (Wildman–Crippen MR) is 101 cm³/mol. The maximum atomic E-state index is 4.65. The van der Waals surface area contributed by atoms with Gasteiger partial charge in [-0.05, 0) is 65.5 Å². The number of unbranched alkanes of at least 4 members (excludes halogenated alkanes) is 3. The SMILES string of the molecule is C=CCCCCCNC(c1nc(Br)sc1C)c1nnnn1CCC. The van der Waals surface area contributed by atoms with Gasteiger partial charge in [-0.3, -0.25) is 0 Å². The molecular formula is C16H25BrN6S. The van der Waals surface area contributed by atoms with E-state index in [1.807, 2.05) is 10.8 Å². The van der Waals surface area contributed by atoms with Crippen molar-refractivity contribution in [2.75, 3.05) is 6.54 Å². The first kappa shape index (κ1) is 19.2. The Morgan fingerprint density at radius 3 is 2.88 bits per heavy atom. The van der Waals surface area contributed by atoms with Gasteiger partial charge in [0, 0.05) is 11.4 Å². The van der Waals surface area contributed by atoms with Crippen LogP contribution in [0, 0.1) is 6.92 Å². The fraction of sp³-hybridized carbons (Fsp3) is 0.625. The van der Waals surface area contributed by atoms with Crippen LogP contribution in [0.2, 0.25) is 0 Å². The summed E-state index contributed by atoms with van der Waals surface area (Å²) in [6.45, 7) is 9.70. The fourth-order valence-corrected chi connectivity index (χ4v) is 4.16. The highest BCUT2D eigenvalue weighted by Crippen LogP contribution is 2.29. The molecule has 8 heteroatoms. The van der Waals surface area contributed by atoms with E-state index >= 15 is 0 Å². The van der Waals surface area contributed by atoms with E-state index < -0.39 is 0 Å². The lowest BCUT2D eigenvalue weighted by Gasteiger charge is -2.17. The van der Waals surface area contributed by atoms with Gasteiger partial charge in [0.05, 0.1) is 5.69 Å². The molecule has 0 aliphatic carbocycles. The Morgan fingerprint density at radius 2 is 2.21 bits per heavy atom. The predicted octanol–water partition coefficient (Wildman–Crippen LogP) is 4.04. The third-order valence-electron chi connectivity index (χ3n) is 3.77. The second-order valence-corrected chi connectivity index (χ2v) is 8.17. The summed E-state index contributed by atoms with van der Waals surface area (Å²) in [5, 5.41) is 15.9. The monoisotopic (exact) mass is 412 g/mol. The number of thiazole rings is 1. The number of hydrogen-bond acceptors (Lipinski definition) is 6. The molecule has 1 atom stereocenters. The molecule has 2 rings (SSSR count). The fourth-order valence-electron chi connectivity index (χ4n) is 2.58. The number of nitrogens with zero attached hydrogens (tertiary/aromatic N) is 5. The average molecular weight is 413 g/mol. The van der Waals surface area contributed by atoms with Crippen molar-refractivity contribution in [3.8, 4) is 0 Å². The Morgan fingerprint density at radius 1 is 1.38 bits per heavy atom. The number of aryl methyl sites for hydroxylation is 2. The maximum Gasteiger partial charge on any atom is 0.174 e. The number of tetrazole rings is 1. The summed E-state index contributed by atoms with van der Waals surface area (Å²) in [5.74, 6) is 0.837. The number of rotatable bonds is 11. The molecule has 2 heterocycles. The molecule has 1 unspecified atom stereocenters. The molecule has 0 aromatic carbocycles. The molecule has 1 N–H and O–H groups in total. The minimum absolute atomic E-state index is 0.0755. The third-order valence-corrected chi connectivity index (χ3v) is 5.20. The van der Waals surface area contributed by atoms with Gasteiger partial charge >= 0.3 is 0 Å². The van der Waals surface area contributed by atoms with Gasteiger partial charge in [0.2, 0.25) is 0 Å². The first-order chi connectivity index (χ1) is 11.7. The van der Waals surface area contributed by atoms with E-state index in [4.69, 9.17) is 0 Å². The number of halogens is 1. The highest BCUT2D eigenvalue weighted by Gasteiger charge is 2.25. The minimum atomic E-state index is -0.0755. The Hall–Kier alpha value is -1.12. The molecule has 0 aliphatic rings. The zero-order valence-corrected chi connectivity index (χ0v) is 16.7. The molecule has 132 valence electrons. The van der Waals surface area contributed by atoms with Gasteiger partial charge in [0.1, 0.15) is 6.04 Å². The molecule has 0 saturated carbocycles. The van der Waals surface area contributed by atoms with Crippen molar-refractivity contribution in [2.45, 2.75) is 58.5 Å². The van der Waals surface area contributed by atoms with Gasteiger partial charge < -0.3 is 5.32 Å². The molecule has 0 radical (unpaired) electrons. The van der Waals surface area contributed by atoms with E-state index in [-0.39, 0.29) is 6.04 Å². The molecular weight excluding hydrogens is 388 g/mol. The molecule has 2 aromatic heterocycles. The van der Waals surface area contributed by atoms with Crippen LogP contribution >= 0.6 is 27.3 Å². The second kappa shape index (κ2) is 10.0. The lowest BCUT2D eigenvalue weighted by molar-refractivity contribution is 0.484. The first-order valence-electron chi connectivity index (χ1n) is 8.40. The quantitative estimate of drug-likeness (QED) is 0.445. The normalized spacial score (nSPS) is 12.5. The number of nitrogens with one attached hydrogen (secondary N) is 1. The van der Waals surface area contributed by atoms with Gasteiger partial charge in [-0.15, -0.1) is 23.0 Å². The van der Waals surface area contributed by atoms with Crippen molar-refractivity contribution < 1.29 is 0 Å².